The van der Waals surface area contributed by atoms with Crippen LogP contribution in [0, 0.1) is 12.8 Å². The molecule has 2 atom stereocenters. The van der Waals surface area contributed by atoms with Gasteiger partial charge in [-0.3, -0.25) is 0 Å². The Kier molecular flexibility index (Phi) is 3.36. The molecular formula is C12H17N3O3. The molecule has 0 aliphatic carbocycles. The lowest BCUT2D eigenvalue weighted by molar-refractivity contribution is -0.139. The number of nitrogens with zero attached hydrogens (tertiary/aromatic N) is 3. The molecular weight excluding hydrogens is 234 g/mol. The number of rotatable bonds is 3. The number of aryl methyl sites for hydroxylation is 1. The molecule has 0 radical (unpaired) electrons. The first-order valence-corrected chi connectivity index (χ1v) is 5.92. The van der Waals surface area contributed by atoms with Crippen LogP contribution < -0.4 is 9.64 Å². The van der Waals surface area contributed by atoms with E-state index in [9.17, 15) is 9.90 Å². The van der Waals surface area contributed by atoms with Crippen molar-refractivity contribution in [3.8, 4) is 5.88 Å². The first kappa shape index (κ1) is 12.6. The monoisotopic (exact) mass is 251 g/mol. The molecule has 2 heterocycles. The van der Waals surface area contributed by atoms with Gasteiger partial charge in [-0.25, -0.2) is 9.78 Å². The van der Waals surface area contributed by atoms with E-state index in [0.717, 1.165) is 12.1 Å². The van der Waals surface area contributed by atoms with Gasteiger partial charge in [0.05, 0.1) is 7.11 Å². The summed E-state index contributed by atoms with van der Waals surface area (Å²) >= 11 is 0. The predicted octanol–water partition coefficient (Wildman–Crippen LogP) is 1.09. The number of carboxylic acid groups (broad SMARTS) is 1. The van der Waals surface area contributed by atoms with E-state index in [4.69, 9.17) is 4.74 Å². The van der Waals surface area contributed by atoms with E-state index < -0.39 is 12.0 Å². The van der Waals surface area contributed by atoms with Gasteiger partial charge >= 0.3 is 5.97 Å². The smallest absolute Gasteiger partial charge is 0.326 e. The number of ether oxygens (including phenoxy) is 1. The van der Waals surface area contributed by atoms with Crippen molar-refractivity contribution in [1.29, 1.82) is 0 Å². The molecule has 6 heteroatoms. The highest BCUT2D eigenvalue weighted by Crippen LogP contribution is 2.28. The molecule has 0 amide bonds. The van der Waals surface area contributed by atoms with Gasteiger partial charge in [-0.15, -0.1) is 0 Å². The number of aliphatic carboxylic acids is 1. The Balaban J connectivity index is 2.36. The second-order valence-corrected chi connectivity index (χ2v) is 4.59. The van der Waals surface area contributed by atoms with E-state index in [1.165, 1.54) is 7.11 Å². The lowest BCUT2D eigenvalue weighted by Crippen LogP contribution is -2.40. The predicted molar refractivity (Wildman–Crippen MR) is 65.9 cm³/mol. The summed E-state index contributed by atoms with van der Waals surface area (Å²) < 4.78 is 5.09. The largest absolute Gasteiger partial charge is 0.481 e. The number of methoxy groups -OCH3 is 1. The third-order valence-corrected chi connectivity index (χ3v) is 3.24. The molecule has 0 bridgehead atoms. The quantitative estimate of drug-likeness (QED) is 0.866. The zero-order chi connectivity index (χ0) is 13.3. The van der Waals surface area contributed by atoms with Crippen molar-refractivity contribution in [3.63, 3.8) is 0 Å². The summed E-state index contributed by atoms with van der Waals surface area (Å²) in [6.45, 7) is 4.43. The minimum absolute atomic E-state index is 0.0950. The Morgan fingerprint density at radius 3 is 2.89 bits per heavy atom. The molecule has 98 valence electrons. The standard InChI is InChI=1S/C12H17N3O3/c1-7-4-5-15(10(7)11(16)17)12-13-8(2)6-9(14-12)18-3/h6-7,10H,4-5H2,1-3H3,(H,16,17). The van der Waals surface area contributed by atoms with Crippen LogP contribution in [0.25, 0.3) is 0 Å². The van der Waals surface area contributed by atoms with Crippen LogP contribution >= 0.6 is 0 Å². The lowest BCUT2D eigenvalue weighted by atomic mass is 10.0. The van der Waals surface area contributed by atoms with Crippen LogP contribution in [0.2, 0.25) is 0 Å². The van der Waals surface area contributed by atoms with Crippen molar-refractivity contribution in [2.45, 2.75) is 26.3 Å². The SMILES string of the molecule is COc1cc(C)nc(N2CCC(C)C2C(=O)O)n1. The van der Waals surface area contributed by atoms with E-state index in [0.29, 0.717) is 18.4 Å². The Hall–Kier alpha value is -1.85. The summed E-state index contributed by atoms with van der Waals surface area (Å²) in [6, 6.07) is 1.16. The van der Waals surface area contributed by atoms with E-state index in [2.05, 4.69) is 9.97 Å². The van der Waals surface area contributed by atoms with Crippen molar-refractivity contribution in [3.05, 3.63) is 11.8 Å². The molecule has 2 rings (SSSR count). The Labute approximate surface area is 106 Å². The molecule has 18 heavy (non-hydrogen) atoms. The highest BCUT2D eigenvalue weighted by molar-refractivity contribution is 5.78. The summed E-state index contributed by atoms with van der Waals surface area (Å²) in [6.07, 6.45) is 0.830. The zero-order valence-corrected chi connectivity index (χ0v) is 10.8. The fourth-order valence-electron chi connectivity index (χ4n) is 2.31. The van der Waals surface area contributed by atoms with Gasteiger partial charge < -0.3 is 14.7 Å². The van der Waals surface area contributed by atoms with Crippen LogP contribution in [0.3, 0.4) is 0 Å². The molecule has 1 aromatic heterocycles. The molecule has 1 aromatic rings. The van der Waals surface area contributed by atoms with Crippen molar-refractivity contribution in [2.75, 3.05) is 18.6 Å². The molecule has 1 aliphatic heterocycles. The third kappa shape index (κ3) is 2.23. The van der Waals surface area contributed by atoms with E-state index in [1.54, 1.807) is 11.0 Å². The molecule has 1 fully saturated rings. The number of hydrogen-bond donors (Lipinski definition) is 1. The highest BCUT2D eigenvalue weighted by Gasteiger charge is 2.38. The van der Waals surface area contributed by atoms with Crippen LogP contribution in [0.4, 0.5) is 5.95 Å². The van der Waals surface area contributed by atoms with Crippen LogP contribution in [0.15, 0.2) is 6.07 Å². The van der Waals surface area contributed by atoms with Gasteiger partial charge in [0.2, 0.25) is 11.8 Å². The Morgan fingerprint density at radius 1 is 1.56 bits per heavy atom. The average molecular weight is 251 g/mol. The van der Waals surface area contributed by atoms with E-state index >= 15 is 0 Å². The lowest BCUT2D eigenvalue weighted by Gasteiger charge is -2.23. The number of carboxylic acids is 1. The summed E-state index contributed by atoms with van der Waals surface area (Å²) in [4.78, 5) is 21.6. The van der Waals surface area contributed by atoms with E-state index in [1.807, 2.05) is 13.8 Å². The molecule has 1 aliphatic rings. The van der Waals surface area contributed by atoms with Gasteiger partial charge in [-0.1, -0.05) is 6.92 Å². The van der Waals surface area contributed by atoms with E-state index in [-0.39, 0.29) is 5.92 Å². The number of hydrogen-bond acceptors (Lipinski definition) is 5. The second kappa shape index (κ2) is 4.80. The van der Waals surface area contributed by atoms with Gasteiger partial charge in [0.25, 0.3) is 0 Å². The summed E-state index contributed by atoms with van der Waals surface area (Å²) in [5, 5.41) is 9.28. The van der Waals surface area contributed by atoms with Crippen molar-refractivity contribution >= 4 is 11.9 Å². The molecule has 2 unspecified atom stereocenters. The molecule has 6 nitrogen and oxygen atoms in total. The van der Waals surface area contributed by atoms with Gasteiger partial charge in [0.1, 0.15) is 6.04 Å². The molecule has 0 aromatic carbocycles. The molecule has 1 saturated heterocycles. The summed E-state index contributed by atoms with van der Waals surface area (Å²) in [5.74, 6) is 0.159. The maximum Gasteiger partial charge on any atom is 0.326 e. The maximum absolute atomic E-state index is 11.3. The normalized spacial score (nSPS) is 23.2. The minimum Gasteiger partial charge on any atom is -0.481 e. The molecule has 0 saturated carbocycles. The van der Waals surface area contributed by atoms with Gasteiger partial charge in [0, 0.05) is 18.3 Å². The van der Waals surface area contributed by atoms with Crippen molar-refractivity contribution in [2.24, 2.45) is 5.92 Å². The number of aromatic nitrogens is 2. The topological polar surface area (TPSA) is 75.5 Å². The highest BCUT2D eigenvalue weighted by atomic mass is 16.5. The van der Waals surface area contributed by atoms with Gasteiger partial charge in [-0.05, 0) is 19.3 Å². The van der Waals surface area contributed by atoms with Crippen LogP contribution in [0.1, 0.15) is 19.0 Å². The van der Waals surface area contributed by atoms with Crippen LogP contribution in [-0.4, -0.2) is 40.7 Å². The fourth-order valence-corrected chi connectivity index (χ4v) is 2.31. The summed E-state index contributed by atoms with van der Waals surface area (Å²) in [5.41, 5.74) is 0.764. The number of anilines is 1. The van der Waals surface area contributed by atoms with Gasteiger partial charge in [0.15, 0.2) is 0 Å². The van der Waals surface area contributed by atoms with Crippen LogP contribution in [-0.2, 0) is 4.79 Å². The maximum atomic E-state index is 11.3. The first-order valence-electron chi connectivity index (χ1n) is 5.92. The first-order chi connectivity index (χ1) is 8.52. The fraction of sp³-hybridized carbons (Fsp3) is 0.583. The Bertz CT molecular complexity index is 464. The zero-order valence-electron chi connectivity index (χ0n) is 10.8. The van der Waals surface area contributed by atoms with Crippen molar-refractivity contribution in [1.82, 2.24) is 9.97 Å². The van der Waals surface area contributed by atoms with Crippen LogP contribution in [0.5, 0.6) is 5.88 Å². The average Bonchev–Trinajstić information content (AvgIpc) is 2.70. The molecule has 1 N–H and O–H groups in total. The summed E-state index contributed by atoms with van der Waals surface area (Å²) in [7, 11) is 1.53. The van der Waals surface area contributed by atoms with Gasteiger partial charge in [-0.2, -0.15) is 4.98 Å². The second-order valence-electron chi connectivity index (χ2n) is 4.59. The minimum atomic E-state index is -0.830. The molecule has 0 spiro atoms. The number of carbonyl (C=O) groups is 1. The van der Waals surface area contributed by atoms with Crippen molar-refractivity contribution < 1.29 is 14.6 Å². The Morgan fingerprint density at radius 2 is 2.28 bits per heavy atom. The third-order valence-electron chi connectivity index (χ3n) is 3.24.